The Bertz CT molecular complexity index is 3810. The predicted octanol–water partition coefficient (Wildman–Crippen LogP) is 15.4. The van der Waals surface area contributed by atoms with Crippen LogP contribution in [0.3, 0.4) is 0 Å². The first-order valence-electron chi connectivity index (χ1n) is 23.3. The Morgan fingerprint density at radius 3 is 1.64 bits per heavy atom. The number of hydrogen-bond acceptors (Lipinski definition) is 2. The monoisotopic (exact) mass is 847 g/mol. The fraction of sp³-hybridized carbons (Fsp3) is 0.111. The Hall–Kier alpha value is -7.62. The number of fused-ring (bicyclic) bond motifs is 6. The van der Waals surface area contributed by atoms with Crippen LogP contribution < -0.4 is 21.3 Å². The zero-order valence-electron chi connectivity index (χ0n) is 38.7. The van der Waals surface area contributed by atoms with E-state index in [1.54, 1.807) is 0 Å². The molecule has 11 aromatic carbocycles. The van der Waals surface area contributed by atoms with Crippen LogP contribution in [0, 0.1) is 48.5 Å². The summed E-state index contributed by atoms with van der Waals surface area (Å²) in [6.45, 7) is 16.1. The van der Waals surface area contributed by atoms with E-state index >= 15 is 0 Å². The van der Waals surface area contributed by atoms with Crippen molar-refractivity contribution < 1.29 is 4.42 Å². The molecule has 0 N–H and O–H groups in total. The second kappa shape index (κ2) is 15.2. The fourth-order valence-corrected chi connectivity index (χ4v) is 12.0. The van der Waals surface area contributed by atoms with Gasteiger partial charge in [-0.25, -0.2) is 0 Å². The van der Waals surface area contributed by atoms with Gasteiger partial charge < -0.3 is 9.32 Å². The molecule has 3 heteroatoms. The smallest absolute Gasteiger partial charge is 0.243 e. The molecular weight excluding hydrogens is 798 g/mol. The summed E-state index contributed by atoms with van der Waals surface area (Å²) >= 11 is 0. The topological polar surface area (TPSA) is 16.4 Å². The van der Waals surface area contributed by atoms with E-state index in [4.69, 9.17) is 4.42 Å². The maximum absolute atomic E-state index is 6.92. The molecule has 316 valence electrons. The Kier molecular flexibility index (Phi) is 9.23. The number of benzene rings is 11. The molecule has 1 heterocycles. The summed E-state index contributed by atoms with van der Waals surface area (Å²) in [5.74, 6) is 0. The largest absolute Gasteiger partial charge is 0.454 e. The van der Waals surface area contributed by atoms with Crippen molar-refractivity contribution in [2.75, 3.05) is 4.90 Å². The lowest BCUT2D eigenvalue weighted by atomic mass is 9.33. The first-order chi connectivity index (χ1) is 32.2. The van der Waals surface area contributed by atoms with Gasteiger partial charge in [-0.05, 0) is 116 Å². The Morgan fingerprint density at radius 2 is 0.939 bits per heavy atom. The van der Waals surface area contributed by atoms with Crippen LogP contribution in [0.1, 0.15) is 38.9 Å². The van der Waals surface area contributed by atoms with Crippen molar-refractivity contribution in [1.29, 1.82) is 0 Å². The van der Waals surface area contributed by atoms with Crippen molar-refractivity contribution in [3.05, 3.63) is 215 Å². The van der Waals surface area contributed by atoms with Gasteiger partial charge in [0.1, 0.15) is 5.58 Å². The molecule has 0 amide bonds. The predicted molar refractivity (Wildman–Crippen MR) is 286 cm³/mol. The molecular formula is C63H50BNO. The molecule has 0 fully saturated rings. The molecule has 0 saturated heterocycles. The summed E-state index contributed by atoms with van der Waals surface area (Å²) < 4.78 is 6.92. The third-order valence-corrected chi connectivity index (χ3v) is 14.4. The summed E-state index contributed by atoms with van der Waals surface area (Å²) in [7, 11) is 0. The summed E-state index contributed by atoms with van der Waals surface area (Å²) in [5.41, 5.74) is 20.6. The fourth-order valence-electron chi connectivity index (χ4n) is 12.0. The molecule has 0 unspecified atom stereocenters. The highest BCUT2D eigenvalue weighted by atomic mass is 16.3. The van der Waals surface area contributed by atoms with Crippen LogP contribution in [0.2, 0.25) is 0 Å². The molecule has 0 atom stereocenters. The molecule has 0 aliphatic carbocycles. The van der Waals surface area contributed by atoms with Gasteiger partial charge >= 0.3 is 0 Å². The maximum Gasteiger partial charge on any atom is 0.243 e. The molecule has 0 aliphatic heterocycles. The lowest BCUT2D eigenvalue weighted by Crippen LogP contribution is -2.56. The van der Waals surface area contributed by atoms with Crippen molar-refractivity contribution in [3.63, 3.8) is 0 Å². The minimum absolute atomic E-state index is 0.0279. The average Bonchev–Trinajstić information content (AvgIpc) is 3.70. The van der Waals surface area contributed by atoms with Gasteiger partial charge in [-0.1, -0.05) is 201 Å². The lowest BCUT2D eigenvalue weighted by molar-refractivity contribution is 0.669. The highest BCUT2D eigenvalue weighted by molar-refractivity contribution is 6.98. The molecule has 2 nitrogen and oxygen atoms in total. The van der Waals surface area contributed by atoms with Crippen molar-refractivity contribution in [2.24, 2.45) is 0 Å². The Labute approximate surface area is 387 Å². The van der Waals surface area contributed by atoms with Gasteiger partial charge in [0, 0.05) is 27.1 Å². The number of nitrogens with zero attached hydrogens (tertiary/aromatic N) is 1. The minimum atomic E-state index is 0.0279. The average molecular weight is 848 g/mol. The Morgan fingerprint density at radius 1 is 0.379 bits per heavy atom. The third kappa shape index (κ3) is 6.03. The SMILES string of the molecule is Cc1cc(C)c(B(c2c(C)cc(C)cc2C)c2cc(C)c3c4ccccc4c4c(N(c5ccccc5-c5ccccc5)c5cccc6c5oc5ccccc56)ccc5ccc2c3c54)c(C)c1. The lowest BCUT2D eigenvalue weighted by Gasteiger charge is -2.31. The number of hydrogen-bond donors (Lipinski definition) is 0. The summed E-state index contributed by atoms with van der Waals surface area (Å²) in [4.78, 5) is 2.49. The van der Waals surface area contributed by atoms with Crippen molar-refractivity contribution in [2.45, 2.75) is 48.5 Å². The second-order valence-electron chi connectivity index (χ2n) is 18.8. The standard InChI is InChI=1S/C63H50BNO/c1-37-32-40(4)61(41(5)33-37)64(62-42(6)34-38(2)35-43(62)7)52-36-39(3)57-48-22-11-12-23-49(48)59-54(31-29-45-28-30-51(52)60(57)58(45)59)65(53-25-15-13-20-46(53)44-18-9-8-10-19-44)55-26-17-24-50-47-21-14-16-27-56(47)66-63(50)55/h8-36H,1-7H3. The van der Waals surface area contributed by atoms with Crippen LogP contribution in [0.15, 0.2) is 180 Å². The summed E-state index contributed by atoms with van der Waals surface area (Å²) in [6, 6.07) is 65.3. The van der Waals surface area contributed by atoms with Gasteiger partial charge in [0.15, 0.2) is 5.58 Å². The van der Waals surface area contributed by atoms with E-state index in [0.717, 1.165) is 50.1 Å². The zero-order chi connectivity index (χ0) is 45.0. The molecule has 12 aromatic rings. The molecule has 66 heavy (non-hydrogen) atoms. The minimum Gasteiger partial charge on any atom is -0.454 e. The number of aryl methyl sites for hydroxylation is 7. The van der Waals surface area contributed by atoms with Crippen molar-refractivity contribution in [1.82, 2.24) is 0 Å². The third-order valence-electron chi connectivity index (χ3n) is 14.4. The van der Waals surface area contributed by atoms with Crippen LogP contribution in [-0.4, -0.2) is 6.71 Å². The highest BCUT2D eigenvalue weighted by Gasteiger charge is 2.33. The molecule has 0 aliphatic rings. The van der Waals surface area contributed by atoms with E-state index in [9.17, 15) is 0 Å². The van der Waals surface area contributed by atoms with Gasteiger partial charge in [0.25, 0.3) is 0 Å². The number of rotatable bonds is 7. The Balaban J connectivity index is 1.25. The van der Waals surface area contributed by atoms with E-state index in [1.165, 1.54) is 98.4 Å². The van der Waals surface area contributed by atoms with E-state index in [-0.39, 0.29) is 6.71 Å². The van der Waals surface area contributed by atoms with E-state index in [1.807, 2.05) is 0 Å². The van der Waals surface area contributed by atoms with E-state index < -0.39 is 0 Å². The van der Waals surface area contributed by atoms with Gasteiger partial charge in [-0.3, -0.25) is 0 Å². The first-order valence-corrected chi connectivity index (χ1v) is 23.3. The highest BCUT2D eigenvalue weighted by Crippen LogP contribution is 2.51. The quantitative estimate of drug-likeness (QED) is 0.0902. The van der Waals surface area contributed by atoms with E-state index in [2.05, 4.69) is 229 Å². The zero-order valence-corrected chi connectivity index (χ0v) is 38.7. The molecule has 0 spiro atoms. The van der Waals surface area contributed by atoms with Crippen LogP contribution in [-0.2, 0) is 0 Å². The summed E-state index contributed by atoms with van der Waals surface area (Å²) in [5, 5.41) is 12.4. The van der Waals surface area contributed by atoms with Crippen molar-refractivity contribution in [3.8, 4) is 11.1 Å². The van der Waals surface area contributed by atoms with Crippen molar-refractivity contribution >= 4 is 105 Å². The molecule has 1 aromatic heterocycles. The normalized spacial score (nSPS) is 11.9. The molecule has 0 radical (unpaired) electrons. The van der Waals surface area contributed by atoms with Crippen LogP contribution in [0.4, 0.5) is 17.1 Å². The number of para-hydroxylation sites is 3. The number of furan rings is 1. The van der Waals surface area contributed by atoms with Gasteiger partial charge in [0.05, 0.1) is 17.1 Å². The maximum atomic E-state index is 6.92. The van der Waals surface area contributed by atoms with Crippen LogP contribution >= 0.6 is 0 Å². The molecule has 0 saturated carbocycles. The van der Waals surface area contributed by atoms with Gasteiger partial charge in [0.2, 0.25) is 6.71 Å². The van der Waals surface area contributed by atoms with Crippen LogP contribution in [0.5, 0.6) is 0 Å². The van der Waals surface area contributed by atoms with E-state index in [0.29, 0.717) is 0 Å². The number of anilines is 3. The van der Waals surface area contributed by atoms with Crippen LogP contribution in [0.25, 0.3) is 76.2 Å². The summed E-state index contributed by atoms with van der Waals surface area (Å²) in [6.07, 6.45) is 0. The second-order valence-corrected chi connectivity index (χ2v) is 18.8. The van der Waals surface area contributed by atoms with Gasteiger partial charge in [-0.15, -0.1) is 0 Å². The first kappa shape index (κ1) is 39.9. The molecule has 0 bridgehead atoms. The van der Waals surface area contributed by atoms with Gasteiger partial charge in [-0.2, -0.15) is 0 Å². The molecule has 12 rings (SSSR count).